The molecule has 0 amide bonds. The first-order valence-electron chi connectivity index (χ1n) is 6.14. The zero-order valence-corrected chi connectivity index (χ0v) is 11.0. The first-order chi connectivity index (χ1) is 9.19. The van der Waals surface area contributed by atoms with E-state index < -0.39 is 11.6 Å². The number of benzene rings is 1. The standard InChI is InChI=1S/C13H20F2N2O2/c1-18-7-8-19-6-5-11(17-16)9-10-3-2-4-12(14)13(10)15/h2-4,11,17H,5-9,16H2,1H3. The average Bonchev–Trinajstić information content (AvgIpc) is 2.42. The van der Waals surface area contributed by atoms with E-state index in [-0.39, 0.29) is 6.04 Å². The van der Waals surface area contributed by atoms with Crippen LogP contribution in [0.2, 0.25) is 0 Å². The van der Waals surface area contributed by atoms with E-state index >= 15 is 0 Å². The first kappa shape index (κ1) is 16.0. The third kappa shape index (κ3) is 5.61. The third-order valence-corrected chi connectivity index (χ3v) is 2.78. The smallest absolute Gasteiger partial charge is 0.162 e. The van der Waals surface area contributed by atoms with Gasteiger partial charge in [-0.1, -0.05) is 12.1 Å². The van der Waals surface area contributed by atoms with Crippen LogP contribution in [0, 0.1) is 11.6 Å². The molecule has 4 nitrogen and oxygen atoms in total. The number of ether oxygens (including phenoxy) is 2. The fourth-order valence-electron chi connectivity index (χ4n) is 1.69. The van der Waals surface area contributed by atoms with Gasteiger partial charge in [-0.15, -0.1) is 0 Å². The van der Waals surface area contributed by atoms with Crippen molar-refractivity contribution >= 4 is 0 Å². The molecule has 6 heteroatoms. The Morgan fingerprint density at radius 3 is 2.74 bits per heavy atom. The highest BCUT2D eigenvalue weighted by molar-refractivity contribution is 5.19. The summed E-state index contributed by atoms with van der Waals surface area (Å²) in [5.41, 5.74) is 2.89. The Bertz CT molecular complexity index is 378. The van der Waals surface area contributed by atoms with Crippen molar-refractivity contribution in [2.24, 2.45) is 5.84 Å². The fourth-order valence-corrected chi connectivity index (χ4v) is 1.69. The highest BCUT2D eigenvalue weighted by Gasteiger charge is 2.13. The minimum Gasteiger partial charge on any atom is -0.382 e. The molecule has 0 bridgehead atoms. The lowest BCUT2D eigenvalue weighted by Crippen LogP contribution is -2.38. The molecule has 0 fully saturated rings. The zero-order valence-electron chi connectivity index (χ0n) is 11.0. The van der Waals surface area contributed by atoms with E-state index in [1.165, 1.54) is 6.07 Å². The van der Waals surface area contributed by atoms with Crippen LogP contribution in [0.5, 0.6) is 0 Å². The molecule has 1 aromatic carbocycles. The quantitative estimate of drug-likeness (QED) is 0.406. The van der Waals surface area contributed by atoms with Gasteiger partial charge in [0.15, 0.2) is 11.6 Å². The normalized spacial score (nSPS) is 12.6. The van der Waals surface area contributed by atoms with Crippen LogP contribution in [-0.4, -0.2) is 33.0 Å². The second kappa shape index (κ2) is 8.92. The number of rotatable bonds is 9. The van der Waals surface area contributed by atoms with E-state index in [1.807, 2.05) is 0 Å². The second-order valence-corrected chi connectivity index (χ2v) is 4.17. The number of nitrogens with one attached hydrogen (secondary N) is 1. The number of hydrogen-bond donors (Lipinski definition) is 2. The fraction of sp³-hybridized carbons (Fsp3) is 0.538. The molecule has 19 heavy (non-hydrogen) atoms. The van der Waals surface area contributed by atoms with Gasteiger partial charge < -0.3 is 9.47 Å². The Balaban J connectivity index is 2.41. The summed E-state index contributed by atoms with van der Waals surface area (Å²) in [7, 11) is 1.60. The molecule has 0 aliphatic carbocycles. The van der Waals surface area contributed by atoms with Crippen LogP contribution in [0.4, 0.5) is 8.78 Å². The molecule has 0 aliphatic rings. The molecular weight excluding hydrogens is 254 g/mol. The number of halogens is 2. The molecule has 108 valence electrons. The number of methoxy groups -OCH3 is 1. The summed E-state index contributed by atoms with van der Waals surface area (Å²) >= 11 is 0. The Hall–Kier alpha value is -1.08. The Labute approximate surface area is 111 Å². The first-order valence-corrected chi connectivity index (χ1v) is 6.14. The van der Waals surface area contributed by atoms with Gasteiger partial charge in [-0.25, -0.2) is 8.78 Å². The van der Waals surface area contributed by atoms with Crippen LogP contribution in [0.1, 0.15) is 12.0 Å². The lowest BCUT2D eigenvalue weighted by Gasteiger charge is -2.16. The molecule has 0 radical (unpaired) electrons. The summed E-state index contributed by atoms with van der Waals surface area (Å²) < 4.78 is 36.7. The highest BCUT2D eigenvalue weighted by atomic mass is 19.2. The summed E-state index contributed by atoms with van der Waals surface area (Å²) in [6.07, 6.45) is 0.921. The van der Waals surface area contributed by atoms with Gasteiger partial charge in [-0.05, 0) is 24.5 Å². The van der Waals surface area contributed by atoms with Crippen molar-refractivity contribution in [3.05, 3.63) is 35.4 Å². The average molecular weight is 274 g/mol. The third-order valence-electron chi connectivity index (χ3n) is 2.78. The molecule has 0 aromatic heterocycles. The molecule has 0 saturated carbocycles. The van der Waals surface area contributed by atoms with Gasteiger partial charge in [-0.3, -0.25) is 11.3 Å². The summed E-state index contributed by atoms with van der Waals surface area (Å²) in [5.74, 6) is 3.74. The van der Waals surface area contributed by atoms with E-state index in [4.69, 9.17) is 15.3 Å². The molecule has 1 unspecified atom stereocenters. The molecule has 1 rings (SSSR count). The number of hydrazine groups is 1. The molecule has 0 spiro atoms. The van der Waals surface area contributed by atoms with Crippen LogP contribution in [0.3, 0.4) is 0 Å². The summed E-state index contributed by atoms with van der Waals surface area (Å²) in [4.78, 5) is 0. The lowest BCUT2D eigenvalue weighted by atomic mass is 10.0. The van der Waals surface area contributed by atoms with Crippen LogP contribution in [0.25, 0.3) is 0 Å². The van der Waals surface area contributed by atoms with Crippen molar-refractivity contribution in [3.8, 4) is 0 Å². The van der Waals surface area contributed by atoms with Crippen LogP contribution >= 0.6 is 0 Å². The molecule has 0 heterocycles. The summed E-state index contributed by atoms with van der Waals surface area (Å²) in [5, 5.41) is 0. The maximum Gasteiger partial charge on any atom is 0.162 e. The molecule has 1 aromatic rings. The van der Waals surface area contributed by atoms with E-state index in [0.717, 1.165) is 6.07 Å². The summed E-state index contributed by atoms with van der Waals surface area (Å²) in [6, 6.07) is 3.96. The van der Waals surface area contributed by atoms with Gasteiger partial charge in [0.25, 0.3) is 0 Å². The van der Waals surface area contributed by atoms with Crippen molar-refractivity contribution in [3.63, 3.8) is 0 Å². The number of hydrogen-bond acceptors (Lipinski definition) is 4. The van der Waals surface area contributed by atoms with Crippen molar-refractivity contribution < 1.29 is 18.3 Å². The predicted octanol–water partition coefficient (Wildman–Crippen LogP) is 1.39. The van der Waals surface area contributed by atoms with Crippen molar-refractivity contribution in [1.82, 2.24) is 5.43 Å². The number of nitrogens with two attached hydrogens (primary N) is 1. The molecule has 1 atom stereocenters. The van der Waals surface area contributed by atoms with E-state index in [0.29, 0.717) is 38.2 Å². The monoisotopic (exact) mass is 274 g/mol. The maximum absolute atomic E-state index is 13.5. The van der Waals surface area contributed by atoms with Gasteiger partial charge in [0.2, 0.25) is 0 Å². The van der Waals surface area contributed by atoms with Gasteiger partial charge in [0, 0.05) is 19.8 Å². The SMILES string of the molecule is COCCOCCC(Cc1cccc(F)c1F)NN. The second-order valence-electron chi connectivity index (χ2n) is 4.17. The molecule has 3 N–H and O–H groups in total. The van der Waals surface area contributed by atoms with Crippen LogP contribution in [-0.2, 0) is 15.9 Å². The summed E-state index contributed by atoms with van der Waals surface area (Å²) in [6.45, 7) is 1.51. The van der Waals surface area contributed by atoms with Crippen LogP contribution < -0.4 is 11.3 Å². The highest BCUT2D eigenvalue weighted by Crippen LogP contribution is 2.14. The minimum absolute atomic E-state index is 0.168. The molecule has 0 aliphatic heterocycles. The van der Waals surface area contributed by atoms with Gasteiger partial charge in [0.05, 0.1) is 13.2 Å². The Kier molecular flexibility index (Phi) is 7.50. The van der Waals surface area contributed by atoms with Crippen LogP contribution in [0.15, 0.2) is 18.2 Å². The zero-order chi connectivity index (χ0) is 14.1. The largest absolute Gasteiger partial charge is 0.382 e. The van der Waals surface area contributed by atoms with E-state index in [2.05, 4.69) is 5.43 Å². The van der Waals surface area contributed by atoms with Crippen molar-refractivity contribution in [2.45, 2.75) is 18.9 Å². The van der Waals surface area contributed by atoms with Gasteiger partial charge in [-0.2, -0.15) is 0 Å². The van der Waals surface area contributed by atoms with E-state index in [9.17, 15) is 8.78 Å². The maximum atomic E-state index is 13.5. The lowest BCUT2D eigenvalue weighted by molar-refractivity contribution is 0.0658. The molecule has 0 saturated heterocycles. The Morgan fingerprint density at radius 1 is 1.26 bits per heavy atom. The Morgan fingerprint density at radius 2 is 2.05 bits per heavy atom. The van der Waals surface area contributed by atoms with Crippen molar-refractivity contribution in [1.29, 1.82) is 0 Å². The van der Waals surface area contributed by atoms with E-state index in [1.54, 1.807) is 13.2 Å². The predicted molar refractivity (Wildman–Crippen MR) is 68.5 cm³/mol. The molecular formula is C13H20F2N2O2. The van der Waals surface area contributed by atoms with Gasteiger partial charge >= 0.3 is 0 Å². The topological polar surface area (TPSA) is 56.5 Å². The van der Waals surface area contributed by atoms with Gasteiger partial charge in [0.1, 0.15) is 0 Å². The minimum atomic E-state index is -0.843. The van der Waals surface area contributed by atoms with Crippen molar-refractivity contribution in [2.75, 3.05) is 26.9 Å².